The van der Waals surface area contributed by atoms with Crippen LogP contribution in [0.25, 0.3) is 0 Å². The van der Waals surface area contributed by atoms with Gasteiger partial charge in [0.25, 0.3) is 0 Å². The predicted octanol–water partition coefficient (Wildman–Crippen LogP) is 2.14. The van der Waals surface area contributed by atoms with Crippen LogP contribution in [0.15, 0.2) is 36.4 Å². The van der Waals surface area contributed by atoms with Gasteiger partial charge in [-0.2, -0.15) is 0 Å². The van der Waals surface area contributed by atoms with Crippen molar-refractivity contribution in [2.24, 2.45) is 0 Å². The average Bonchev–Trinajstić information content (AvgIpc) is 2.78. The second kappa shape index (κ2) is 7.04. The lowest BCUT2D eigenvalue weighted by atomic mass is 9.83. The number of carbonyl (C=O) groups is 2. The summed E-state index contributed by atoms with van der Waals surface area (Å²) < 4.78 is 11.0. The van der Waals surface area contributed by atoms with Crippen LogP contribution in [0.2, 0.25) is 0 Å². The Kier molecular flexibility index (Phi) is 4.37. The molecule has 5 rings (SSSR count). The molecule has 2 heterocycles. The van der Waals surface area contributed by atoms with Gasteiger partial charge in [-0.05, 0) is 12.1 Å². The molecule has 28 heavy (non-hydrogen) atoms. The standard InChI is InChI=1S/C22H22N2O4/c25-21-15-3-1-2-4-16(15)22(26)18-14-20(24-7-11-28-12-8-24)19(13-17(18)21)23-5-9-27-10-6-23/h1-4,13-14H,5-12H2. The second-order valence-corrected chi connectivity index (χ2v) is 7.29. The van der Waals surface area contributed by atoms with E-state index in [1.807, 2.05) is 12.1 Å². The molecule has 0 aromatic heterocycles. The van der Waals surface area contributed by atoms with Crippen LogP contribution in [0.3, 0.4) is 0 Å². The minimum Gasteiger partial charge on any atom is -0.378 e. The van der Waals surface area contributed by atoms with Crippen molar-refractivity contribution in [2.75, 3.05) is 62.4 Å². The number of fused-ring (bicyclic) bond motifs is 2. The fourth-order valence-corrected chi connectivity index (χ4v) is 4.24. The van der Waals surface area contributed by atoms with E-state index in [9.17, 15) is 9.59 Å². The molecule has 6 nitrogen and oxygen atoms in total. The van der Waals surface area contributed by atoms with Gasteiger partial charge in [0, 0.05) is 48.4 Å². The first-order valence-electron chi connectivity index (χ1n) is 9.76. The third kappa shape index (κ3) is 2.80. The number of benzene rings is 2. The monoisotopic (exact) mass is 378 g/mol. The van der Waals surface area contributed by atoms with Gasteiger partial charge < -0.3 is 19.3 Å². The molecule has 0 bridgehead atoms. The number of ether oxygens (including phenoxy) is 2. The normalized spacial score (nSPS) is 19.4. The Balaban J connectivity index is 1.66. The molecule has 0 N–H and O–H groups in total. The molecule has 3 aliphatic rings. The minimum absolute atomic E-state index is 0.0757. The van der Waals surface area contributed by atoms with E-state index in [-0.39, 0.29) is 11.6 Å². The van der Waals surface area contributed by atoms with Gasteiger partial charge in [0.15, 0.2) is 11.6 Å². The molecule has 0 radical (unpaired) electrons. The second-order valence-electron chi connectivity index (χ2n) is 7.29. The molecular formula is C22H22N2O4. The summed E-state index contributed by atoms with van der Waals surface area (Å²) in [5, 5.41) is 0. The summed E-state index contributed by atoms with van der Waals surface area (Å²) in [6.07, 6.45) is 0. The number of hydrogen-bond donors (Lipinski definition) is 0. The van der Waals surface area contributed by atoms with E-state index in [1.165, 1.54) is 0 Å². The molecule has 2 saturated heterocycles. The molecule has 1 aliphatic carbocycles. The lowest BCUT2D eigenvalue weighted by Gasteiger charge is -2.37. The average molecular weight is 378 g/mol. The summed E-state index contributed by atoms with van der Waals surface area (Å²) in [6.45, 7) is 5.74. The first-order chi connectivity index (χ1) is 13.7. The maximum absolute atomic E-state index is 13.1. The van der Waals surface area contributed by atoms with Crippen molar-refractivity contribution in [3.63, 3.8) is 0 Å². The number of morpholine rings is 2. The van der Waals surface area contributed by atoms with E-state index >= 15 is 0 Å². The molecule has 0 spiro atoms. The Bertz CT molecular complexity index is 868. The number of ketones is 2. The first kappa shape index (κ1) is 17.4. The molecule has 0 amide bonds. The van der Waals surface area contributed by atoms with E-state index in [2.05, 4.69) is 9.80 Å². The van der Waals surface area contributed by atoms with E-state index in [0.29, 0.717) is 48.7 Å². The molecule has 2 aromatic carbocycles. The minimum atomic E-state index is -0.0757. The van der Waals surface area contributed by atoms with Gasteiger partial charge in [-0.3, -0.25) is 9.59 Å². The zero-order valence-corrected chi connectivity index (χ0v) is 15.6. The summed E-state index contributed by atoms with van der Waals surface area (Å²) in [6, 6.07) is 10.9. The Morgan fingerprint density at radius 2 is 1.00 bits per heavy atom. The molecule has 2 aliphatic heterocycles. The molecular weight excluding hydrogens is 356 g/mol. The topological polar surface area (TPSA) is 59.1 Å². The van der Waals surface area contributed by atoms with Crippen LogP contribution >= 0.6 is 0 Å². The van der Waals surface area contributed by atoms with Crippen molar-refractivity contribution in [3.8, 4) is 0 Å². The number of nitrogens with zero attached hydrogens (tertiary/aromatic N) is 2. The largest absolute Gasteiger partial charge is 0.378 e. The molecule has 0 unspecified atom stereocenters. The maximum atomic E-state index is 13.1. The van der Waals surface area contributed by atoms with E-state index < -0.39 is 0 Å². The van der Waals surface area contributed by atoms with Gasteiger partial charge in [-0.1, -0.05) is 24.3 Å². The summed E-state index contributed by atoms with van der Waals surface area (Å²) in [7, 11) is 0. The van der Waals surface area contributed by atoms with E-state index in [1.54, 1.807) is 24.3 Å². The van der Waals surface area contributed by atoms with Crippen molar-refractivity contribution in [1.29, 1.82) is 0 Å². The van der Waals surface area contributed by atoms with E-state index in [0.717, 1.165) is 37.6 Å². The number of carbonyl (C=O) groups excluding carboxylic acids is 2. The summed E-state index contributed by atoms with van der Waals surface area (Å²) in [4.78, 5) is 30.8. The van der Waals surface area contributed by atoms with Crippen LogP contribution in [0.1, 0.15) is 31.8 Å². The van der Waals surface area contributed by atoms with E-state index in [4.69, 9.17) is 9.47 Å². The lowest BCUT2D eigenvalue weighted by Crippen LogP contribution is -2.41. The molecule has 144 valence electrons. The first-order valence-corrected chi connectivity index (χ1v) is 9.76. The van der Waals surface area contributed by atoms with Crippen LogP contribution in [0.4, 0.5) is 11.4 Å². The maximum Gasteiger partial charge on any atom is 0.194 e. The third-order valence-electron chi connectivity index (χ3n) is 5.72. The lowest BCUT2D eigenvalue weighted by molar-refractivity contribution is 0.0979. The molecule has 6 heteroatoms. The number of anilines is 2. The Morgan fingerprint density at radius 3 is 1.39 bits per heavy atom. The zero-order valence-electron chi connectivity index (χ0n) is 15.6. The smallest absolute Gasteiger partial charge is 0.194 e. The predicted molar refractivity (Wildman–Crippen MR) is 106 cm³/mol. The van der Waals surface area contributed by atoms with Crippen molar-refractivity contribution in [2.45, 2.75) is 0 Å². The fraction of sp³-hybridized carbons (Fsp3) is 0.364. The van der Waals surface area contributed by atoms with Crippen LogP contribution in [0.5, 0.6) is 0 Å². The van der Waals surface area contributed by atoms with Crippen LogP contribution < -0.4 is 9.80 Å². The van der Waals surface area contributed by atoms with Gasteiger partial charge in [0.1, 0.15) is 0 Å². The highest BCUT2D eigenvalue weighted by atomic mass is 16.5. The van der Waals surface area contributed by atoms with Crippen molar-refractivity contribution >= 4 is 22.9 Å². The van der Waals surface area contributed by atoms with Crippen LogP contribution in [-0.2, 0) is 9.47 Å². The van der Waals surface area contributed by atoms with Gasteiger partial charge in [0.05, 0.1) is 37.8 Å². The van der Waals surface area contributed by atoms with Gasteiger partial charge in [0.2, 0.25) is 0 Å². The summed E-state index contributed by atoms with van der Waals surface area (Å²) >= 11 is 0. The van der Waals surface area contributed by atoms with Gasteiger partial charge in [-0.25, -0.2) is 0 Å². The molecule has 0 atom stereocenters. The SMILES string of the molecule is O=C1c2ccccc2C(=O)c2cc(N3CCOCC3)c(N3CCOCC3)cc21. The van der Waals surface area contributed by atoms with Gasteiger partial charge in [-0.15, -0.1) is 0 Å². The highest BCUT2D eigenvalue weighted by Gasteiger charge is 2.32. The molecule has 2 fully saturated rings. The highest BCUT2D eigenvalue weighted by molar-refractivity contribution is 6.29. The molecule has 2 aromatic rings. The number of hydrogen-bond acceptors (Lipinski definition) is 6. The quantitative estimate of drug-likeness (QED) is 0.681. The van der Waals surface area contributed by atoms with Crippen molar-refractivity contribution in [3.05, 3.63) is 58.7 Å². The fourth-order valence-electron chi connectivity index (χ4n) is 4.24. The number of rotatable bonds is 2. The van der Waals surface area contributed by atoms with Gasteiger partial charge >= 0.3 is 0 Å². The van der Waals surface area contributed by atoms with Crippen molar-refractivity contribution < 1.29 is 19.1 Å². The summed E-state index contributed by atoms with van der Waals surface area (Å²) in [5.41, 5.74) is 4.00. The van der Waals surface area contributed by atoms with Crippen LogP contribution in [0, 0.1) is 0 Å². The summed E-state index contributed by atoms with van der Waals surface area (Å²) in [5.74, 6) is -0.151. The Hall–Kier alpha value is -2.70. The van der Waals surface area contributed by atoms with Crippen molar-refractivity contribution in [1.82, 2.24) is 0 Å². The highest BCUT2D eigenvalue weighted by Crippen LogP contribution is 2.38. The Morgan fingerprint density at radius 1 is 0.607 bits per heavy atom. The zero-order chi connectivity index (χ0) is 19.1. The molecule has 0 saturated carbocycles. The Labute approximate surface area is 163 Å². The van der Waals surface area contributed by atoms with Crippen LogP contribution in [-0.4, -0.2) is 64.2 Å². The third-order valence-corrected chi connectivity index (χ3v) is 5.72.